The monoisotopic (exact) mass is 320 g/mol. The summed E-state index contributed by atoms with van der Waals surface area (Å²) in [6.07, 6.45) is 1.42. The van der Waals surface area contributed by atoms with Gasteiger partial charge in [-0.15, -0.1) is 0 Å². The molecule has 1 aromatic carbocycles. The Morgan fingerprint density at radius 2 is 2.22 bits per heavy atom. The minimum atomic E-state index is -0.627. The fraction of sp³-hybridized carbons (Fsp3) is 0.529. The van der Waals surface area contributed by atoms with Crippen LogP contribution < -0.4 is 5.32 Å². The third-order valence-electron chi connectivity index (χ3n) is 4.81. The van der Waals surface area contributed by atoms with Crippen molar-refractivity contribution in [2.24, 2.45) is 5.41 Å². The molecule has 1 saturated heterocycles. The van der Waals surface area contributed by atoms with Crippen molar-refractivity contribution in [3.05, 3.63) is 35.6 Å². The first-order valence-corrected chi connectivity index (χ1v) is 7.82. The van der Waals surface area contributed by atoms with Gasteiger partial charge in [0.1, 0.15) is 5.82 Å². The lowest BCUT2D eigenvalue weighted by Gasteiger charge is -2.22. The smallest absolute Gasteiger partial charge is 0.317 e. The van der Waals surface area contributed by atoms with Crippen molar-refractivity contribution in [1.29, 1.82) is 0 Å². The molecule has 5 nitrogen and oxygen atoms in total. The summed E-state index contributed by atoms with van der Waals surface area (Å²) in [5.74, 6) is -0.367. The topological polar surface area (TPSA) is 58.6 Å². The van der Waals surface area contributed by atoms with E-state index < -0.39 is 5.41 Å². The van der Waals surface area contributed by atoms with Crippen molar-refractivity contribution in [3.63, 3.8) is 0 Å². The molecule has 0 unspecified atom stereocenters. The van der Waals surface area contributed by atoms with E-state index in [-0.39, 0.29) is 29.8 Å². The van der Waals surface area contributed by atoms with E-state index in [0.29, 0.717) is 19.5 Å². The lowest BCUT2D eigenvalue weighted by atomic mass is 9.90. The maximum absolute atomic E-state index is 13.2. The summed E-state index contributed by atoms with van der Waals surface area (Å²) >= 11 is 0. The van der Waals surface area contributed by atoms with Crippen LogP contribution in [0, 0.1) is 11.2 Å². The van der Waals surface area contributed by atoms with Gasteiger partial charge in [0.15, 0.2) is 0 Å². The fourth-order valence-corrected chi connectivity index (χ4v) is 3.26. The Bertz CT molecular complexity index is 636. The Morgan fingerprint density at radius 1 is 1.43 bits per heavy atom. The van der Waals surface area contributed by atoms with E-state index in [1.54, 1.807) is 11.0 Å². The number of esters is 1. The second-order valence-electron chi connectivity index (χ2n) is 6.68. The number of benzene rings is 1. The predicted molar refractivity (Wildman–Crippen MR) is 82.4 cm³/mol. The zero-order valence-electron chi connectivity index (χ0n) is 13.3. The molecule has 6 heteroatoms. The molecule has 1 saturated carbocycles. The molecule has 0 bridgehead atoms. The predicted octanol–water partition coefficient (Wildman–Crippen LogP) is 2.28. The average molecular weight is 320 g/mol. The molecule has 1 aromatic rings. The van der Waals surface area contributed by atoms with Crippen molar-refractivity contribution in [1.82, 2.24) is 10.2 Å². The van der Waals surface area contributed by atoms with E-state index in [4.69, 9.17) is 4.74 Å². The molecule has 2 fully saturated rings. The Labute approximate surface area is 134 Å². The maximum atomic E-state index is 13.2. The number of nitrogens with one attached hydrogen (secondary N) is 1. The van der Waals surface area contributed by atoms with Gasteiger partial charge in [0.2, 0.25) is 0 Å². The largest absolute Gasteiger partial charge is 0.469 e. The highest BCUT2D eigenvalue weighted by molar-refractivity contribution is 5.81. The van der Waals surface area contributed by atoms with Crippen molar-refractivity contribution in [2.75, 3.05) is 20.2 Å². The number of halogens is 1. The van der Waals surface area contributed by atoms with Crippen molar-refractivity contribution in [3.8, 4) is 0 Å². The summed E-state index contributed by atoms with van der Waals surface area (Å²) in [4.78, 5) is 25.8. The van der Waals surface area contributed by atoms with Crippen LogP contribution in [-0.2, 0) is 9.53 Å². The molecule has 3 rings (SSSR count). The number of hydrogen-bond donors (Lipinski definition) is 1. The zero-order valence-corrected chi connectivity index (χ0v) is 13.3. The SMILES string of the molecule is COC(=O)[C@]1(C)CCN(C(=O)N[C@@H]2C[C@H]2c2cccc(F)c2)C1. The van der Waals surface area contributed by atoms with Crippen LogP contribution in [0.4, 0.5) is 9.18 Å². The van der Waals surface area contributed by atoms with Crippen LogP contribution in [0.2, 0.25) is 0 Å². The lowest BCUT2D eigenvalue weighted by Crippen LogP contribution is -2.42. The first-order chi connectivity index (χ1) is 10.9. The molecule has 1 N–H and O–H groups in total. The number of carbonyl (C=O) groups is 2. The van der Waals surface area contributed by atoms with Crippen LogP contribution in [0.5, 0.6) is 0 Å². The third-order valence-corrected chi connectivity index (χ3v) is 4.81. The van der Waals surface area contributed by atoms with Crippen LogP contribution >= 0.6 is 0 Å². The minimum absolute atomic E-state index is 0.0364. The molecular weight excluding hydrogens is 299 g/mol. The standard InChI is InChI=1S/C17H21FN2O3/c1-17(15(21)23-2)6-7-20(10-17)16(22)19-14-9-13(14)11-4-3-5-12(18)8-11/h3-5,8,13-14H,6-7,9-10H2,1-2H3,(H,19,22)/t13-,14+,17+/m0/s1. The van der Waals surface area contributed by atoms with Gasteiger partial charge in [-0.3, -0.25) is 4.79 Å². The van der Waals surface area contributed by atoms with Crippen LogP contribution in [0.25, 0.3) is 0 Å². The zero-order chi connectivity index (χ0) is 16.6. The Balaban J connectivity index is 1.55. The fourth-order valence-electron chi connectivity index (χ4n) is 3.26. The van der Waals surface area contributed by atoms with E-state index in [1.807, 2.05) is 13.0 Å². The first-order valence-electron chi connectivity index (χ1n) is 7.82. The van der Waals surface area contributed by atoms with Crippen molar-refractivity contribution < 1.29 is 18.7 Å². The quantitative estimate of drug-likeness (QED) is 0.869. The minimum Gasteiger partial charge on any atom is -0.469 e. The molecule has 23 heavy (non-hydrogen) atoms. The van der Waals surface area contributed by atoms with E-state index in [9.17, 15) is 14.0 Å². The van der Waals surface area contributed by atoms with Crippen molar-refractivity contribution >= 4 is 12.0 Å². The van der Waals surface area contributed by atoms with Crippen LogP contribution in [0.15, 0.2) is 24.3 Å². The third kappa shape index (κ3) is 3.16. The number of carbonyl (C=O) groups excluding carboxylic acids is 2. The number of nitrogens with zero attached hydrogens (tertiary/aromatic N) is 1. The highest BCUT2D eigenvalue weighted by atomic mass is 19.1. The first kappa shape index (κ1) is 15.8. The number of ether oxygens (including phenoxy) is 1. The molecule has 1 aliphatic carbocycles. The van der Waals surface area contributed by atoms with Gasteiger partial charge in [0, 0.05) is 25.0 Å². The van der Waals surface area contributed by atoms with Gasteiger partial charge in [0.05, 0.1) is 12.5 Å². The molecule has 3 atom stereocenters. The van der Waals surface area contributed by atoms with E-state index >= 15 is 0 Å². The number of hydrogen-bond acceptors (Lipinski definition) is 3. The summed E-state index contributed by atoms with van der Waals surface area (Å²) < 4.78 is 18.1. The molecule has 2 amide bonds. The van der Waals surface area contributed by atoms with Gasteiger partial charge in [-0.25, -0.2) is 9.18 Å². The van der Waals surface area contributed by atoms with E-state index in [2.05, 4.69) is 5.32 Å². The second kappa shape index (κ2) is 5.83. The van der Waals surface area contributed by atoms with Gasteiger partial charge < -0.3 is 15.0 Å². The number of rotatable bonds is 3. The Hall–Kier alpha value is -2.11. The normalized spacial score (nSPS) is 29.3. The van der Waals surface area contributed by atoms with Crippen molar-refractivity contribution in [2.45, 2.75) is 31.7 Å². The lowest BCUT2D eigenvalue weighted by molar-refractivity contribution is -0.150. The van der Waals surface area contributed by atoms with Gasteiger partial charge in [-0.05, 0) is 37.5 Å². The number of methoxy groups -OCH3 is 1. The summed E-state index contributed by atoms with van der Waals surface area (Å²) in [5, 5.41) is 2.97. The number of urea groups is 1. The van der Waals surface area contributed by atoms with Gasteiger partial charge in [-0.1, -0.05) is 12.1 Å². The molecule has 124 valence electrons. The van der Waals surface area contributed by atoms with Gasteiger partial charge in [0.25, 0.3) is 0 Å². The molecule has 0 radical (unpaired) electrons. The maximum Gasteiger partial charge on any atom is 0.317 e. The average Bonchev–Trinajstić information content (AvgIpc) is 3.18. The highest BCUT2D eigenvalue weighted by Gasteiger charge is 2.45. The number of amides is 2. The molecular formula is C17H21FN2O3. The van der Waals surface area contributed by atoms with Crippen LogP contribution in [-0.4, -0.2) is 43.1 Å². The molecule has 1 heterocycles. The molecule has 0 spiro atoms. The summed E-state index contributed by atoms with van der Waals surface area (Å²) in [6.45, 7) is 2.72. The van der Waals surface area contributed by atoms with Gasteiger partial charge in [-0.2, -0.15) is 0 Å². The summed E-state index contributed by atoms with van der Waals surface area (Å²) in [6, 6.07) is 6.36. The van der Waals surface area contributed by atoms with E-state index in [0.717, 1.165) is 12.0 Å². The Kier molecular flexibility index (Phi) is 4.00. The van der Waals surface area contributed by atoms with E-state index in [1.165, 1.54) is 19.2 Å². The molecule has 2 aliphatic rings. The van der Waals surface area contributed by atoms with Crippen LogP contribution in [0.3, 0.4) is 0 Å². The summed E-state index contributed by atoms with van der Waals surface area (Å²) in [7, 11) is 1.37. The second-order valence-corrected chi connectivity index (χ2v) is 6.68. The summed E-state index contributed by atoms with van der Waals surface area (Å²) in [5.41, 5.74) is 0.286. The molecule has 1 aliphatic heterocycles. The Morgan fingerprint density at radius 3 is 2.91 bits per heavy atom. The number of likely N-dealkylation sites (tertiary alicyclic amines) is 1. The van der Waals surface area contributed by atoms with Gasteiger partial charge >= 0.3 is 12.0 Å². The highest BCUT2D eigenvalue weighted by Crippen LogP contribution is 2.41. The molecule has 0 aromatic heterocycles. The van der Waals surface area contributed by atoms with Crippen LogP contribution in [0.1, 0.15) is 31.2 Å².